The highest BCUT2D eigenvalue weighted by atomic mass is 32.2. The minimum absolute atomic E-state index is 0.0312. The summed E-state index contributed by atoms with van der Waals surface area (Å²) in [6.45, 7) is 2.88. The molecule has 0 saturated carbocycles. The standard InChI is InChI=1S/C20H25FN2O4S2/c1-3-27-13-5-12-22-20(24)15-23(17-7-4-6-16(21)14-17)29(25,26)19-10-8-18(28-2)9-11-19/h4,6-11,14H,3,5,12-13,15H2,1-2H3,(H,22,24). The molecular formula is C20H25FN2O4S2. The number of sulfonamides is 1. The van der Waals surface area contributed by atoms with Crippen LogP contribution in [0, 0.1) is 5.82 Å². The molecule has 9 heteroatoms. The lowest BCUT2D eigenvalue weighted by Gasteiger charge is -2.24. The Labute approximate surface area is 175 Å². The summed E-state index contributed by atoms with van der Waals surface area (Å²) in [7, 11) is -4.06. The molecule has 0 aliphatic rings. The van der Waals surface area contributed by atoms with Gasteiger partial charge in [0.1, 0.15) is 12.4 Å². The largest absolute Gasteiger partial charge is 0.382 e. The molecule has 0 heterocycles. The summed E-state index contributed by atoms with van der Waals surface area (Å²) in [5.74, 6) is -1.06. The third-order valence-electron chi connectivity index (χ3n) is 4.02. The molecule has 1 amide bonds. The number of amides is 1. The fourth-order valence-corrected chi connectivity index (χ4v) is 4.38. The number of anilines is 1. The Hall–Kier alpha value is -2.10. The first-order chi connectivity index (χ1) is 13.9. The number of hydrogen-bond acceptors (Lipinski definition) is 5. The quantitative estimate of drug-likeness (QED) is 0.429. The predicted octanol–water partition coefficient (Wildman–Crippen LogP) is 3.29. The maximum atomic E-state index is 13.7. The van der Waals surface area contributed by atoms with Crippen LogP contribution in [0.2, 0.25) is 0 Å². The zero-order chi connectivity index (χ0) is 21.3. The number of halogens is 1. The highest BCUT2D eigenvalue weighted by Crippen LogP contribution is 2.25. The van der Waals surface area contributed by atoms with Crippen LogP contribution >= 0.6 is 11.8 Å². The summed E-state index contributed by atoms with van der Waals surface area (Å²) >= 11 is 1.49. The smallest absolute Gasteiger partial charge is 0.264 e. The van der Waals surface area contributed by atoms with Gasteiger partial charge in [-0.25, -0.2) is 12.8 Å². The van der Waals surface area contributed by atoms with Gasteiger partial charge in [0.15, 0.2) is 0 Å². The van der Waals surface area contributed by atoms with Crippen LogP contribution in [0.4, 0.5) is 10.1 Å². The Morgan fingerprint density at radius 3 is 2.55 bits per heavy atom. The monoisotopic (exact) mass is 440 g/mol. The minimum atomic E-state index is -4.06. The van der Waals surface area contributed by atoms with Crippen LogP contribution < -0.4 is 9.62 Å². The Balaban J connectivity index is 2.24. The van der Waals surface area contributed by atoms with Gasteiger partial charge in [-0.05, 0) is 62.1 Å². The van der Waals surface area contributed by atoms with E-state index in [1.54, 1.807) is 12.1 Å². The molecule has 1 N–H and O–H groups in total. The Kier molecular flexibility index (Phi) is 8.94. The molecule has 0 atom stereocenters. The summed E-state index contributed by atoms with van der Waals surface area (Å²) in [6.07, 6.45) is 2.50. The van der Waals surface area contributed by atoms with Gasteiger partial charge in [-0.3, -0.25) is 9.10 Å². The van der Waals surface area contributed by atoms with E-state index in [1.165, 1.54) is 42.1 Å². The molecule has 29 heavy (non-hydrogen) atoms. The van der Waals surface area contributed by atoms with Crippen molar-refractivity contribution in [2.24, 2.45) is 0 Å². The second-order valence-electron chi connectivity index (χ2n) is 6.07. The van der Waals surface area contributed by atoms with Crippen molar-refractivity contribution in [1.82, 2.24) is 5.32 Å². The van der Waals surface area contributed by atoms with Crippen LogP contribution in [0.5, 0.6) is 0 Å². The van der Waals surface area contributed by atoms with Crippen molar-refractivity contribution in [2.75, 3.05) is 36.9 Å². The number of hydrogen-bond donors (Lipinski definition) is 1. The van der Waals surface area contributed by atoms with E-state index in [-0.39, 0.29) is 10.6 Å². The van der Waals surface area contributed by atoms with Crippen molar-refractivity contribution >= 4 is 33.4 Å². The lowest BCUT2D eigenvalue weighted by atomic mass is 10.3. The van der Waals surface area contributed by atoms with Crippen LogP contribution in [-0.4, -0.2) is 46.9 Å². The van der Waals surface area contributed by atoms with E-state index in [2.05, 4.69) is 5.32 Å². The van der Waals surface area contributed by atoms with Gasteiger partial charge in [0, 0.05) is 24.7 Å². The zero-order valence-corrected chi connectivity index (χ0v) is 18.1. The van der Waals surface area contributed by atoms with Gasteiger partial charge in [0.25, 0.3) is 10.0 Å². The van der Waals surface area contributed by atoms with Crippen molar-refractivity contribution in [3.05, 3.63) is 54.3 Å². The molecule has 2 aromatic carbocycles. The van der Waals surface area contributed by atoms with E-state index in [4.69, 9.17) is 4.74 Å². The Morgan fingerprint density at radius 1 is 1.21 bits per heavy atom. The summed E-state index contributed by atoms with van der Waals surface area (Å²) < 4.78 is 46.2. The average molecular weight is 441 g/mol. The van der Waals surface area contributed by atoms with E-state index in [0.717, 1.165) is 15.3 Å². The second-order valence-corrected chi connectivity index (χ2v) is 8.81. The topological polar surface area (TPSA) is 75.7 Å². The van der Waals surface area contributed by atoms with Crippen LogP contribution in [0.25, 0.3) is 0 Å². The van der Waals surface area contributed by atoms with Gasteiger partial charge in [-0.15, -0.1) is 11.8 Å². The molecule has 0 spiro atoms. The van der Waals surface area contributed by atoms with Crippen molar-refractivity contribution in [1.29, 1.82) is 0 Å². The first-order valence-corrected chi connectivity index (χ1v) is 11.8. The number of thioether (sulfide) groups is 1. The average Bonchev–Trinajstić information content (AvgIpc) is 2.71. The summed E-state index contributed by atoms with van der Waals surface area (Å²) in [5.41, 5.74) is 0.0865. The van der Waals surface area contributed by atoms with Gasteiger partial charge in [0.2, 0.25) is 5.91 Å². The van der Waals surface area contributed by atoms with Crippen LogP contribution in [0.3, 0.4) is 0 Å². The number of ether oxygens (including phenoxy) is 1. The molecular weight excluding hydrogens is 415 g/mol. The van der Waals surface area contributed by atoms with E-state index < -0.39 is 28.3 Å². The van der Waals surface area contributed by atoms with Crippen molar-refractivity contribution in [3.8, 4) is 0 Å². The molecule has 0 bridgehead atoms. The summed E-state index contributed by atoms with van der Waals surface area (Å²) in [6, 6.07) is 11.5. The fraction of sp³-hybridized carbons (Fsp3) is 0.350. The van der Waals surface area contributed by atoms with Gasteiger partial charge >= 0.3 is 0 Å². The van der Waals surface area contributed by atoms with Crippen molar-refractivity contribution in [3.63, 3.8) is 0 Å². The van der Waals surface area contributed by atoms with Crippen molar-refractivity contribution < 1.29 is 22.3 Å². The van der Waals surface area contributed by atoms with E-state index in [0.29, 0.717) is 26.2 Å². The third-order valence-corrected chi connectivity index (χ3v) is 6.55. The molecule has 0 aliphatic carbocycles. The highest BCUT2D eigenvalue weighted by molar-refractivity contribution is 7.98. The maximum absolute atomic E-state index is 13.7. The number of carbonyl (C=O) groups is 1. The van der Waals surface area contributed by atoms with Gasteiger partial charge in [-0.1, -0.05) is 6.07 Å². The van der Waals surface area contributed by atoms with Crippen molar-refractivity contribution in [2.45, 2.75) is 23.1 Å². The molecule has 0 radical (unpaired) electrons. The number of nitrogens with one attached hydrogen (secondary N) is 1. The maximum Gasteiger partial charge on any atom is 0.264 e. The molecule has 0 aromatic heterocycles. The predicted molar refractivity (Wildman–Crippen MR) is 113 cm³/mol. The molecule has 0 unspecified atom stereocenters. The van der Waals surface area contributed by atoms with Gasteiger partial charge in [0.05, 0.1) is 10.6 Å². The van der Waals surface area contributed by atoms with E-state index in [1.807, 2.05) is 13.2 Å². The highest BCUT2D eigenvalue weighted by Gasteiger charge is 2.27. The number of nitrogens with zero attached hydrogens (tertiary/aromatic N) is 1. The first kappa shape index (κ1) is 23.2. The lowest BCUT2D eigenvalue weighted by Crippen LogP contribution is -2.41. The molecule has 2 rings (SSSR count). The first-order valence-electron chi connectivity index (χ1n) is 9.15. The van der Waals surface area contributed by atoms with Crippen LogP contribution in [0.15, 0.2) is 58.3 Å². The molecule has 2 aromatic rings. The lowest BCUT2D eigenvalue weighted by molar-refractivity contribution is -0.119. The normalized spacial score (nSPS) is 11.3. The SMILES string of the molecule is CCOCCCNC(=O)CN(c1cccc(F)c1)S(=O)(=O)c1ccc(SC)cc1. The number of carbonyl (C=O) groups excluding carboxylic acids is 1. The second kappa shape index (κ2) is 11.2. The van der Waals surface area contributed by atoms with Gasteiger partial charge in [-0.2, -0.15) is 0 Å². The molecule has 6 nitrogen and oxygen atoms in total. The Bertz CT molecular complexity index is 905. The number of benzene rings is 2. The molecule has 0 saturated heterocycles. The van der Waals surface area contributed by atoms with E-state index >= 15 is 0 Å². The summed E-state index contributed by atoms with van der Waals surface area (Å²) in [5, 5.41) is 2.68. The molecule has 158 valence electrons. The van der Waals surface area contributed by atoms with E-state index in [9.17, 15) is 17.6 Å². The summed E-state index contributed by atoms with van der Waals surface area (Å²) in [4.78, 5) is 13.3. The molecule has 0 aliphatic heterocycles. The fourth-order valence-electron chi connectivity index (χ4n) is 2.55. The molecule has 0 fully saturated rings. The Morgan fingerprint density at radius 2 is 1.93 bits per heavy atom. The third kappa shape index (κ3) is 6.73. The zero-order valence-electron chi connectivity index (χ0n) is 16.4. The van der Waals surface area contributed by atoms with Crippen LogP contribution in [0.1, 0.15) is 13.3 Å². The minimum Gasteiger partial charge on any atom is -0.382 e. The van der Waals surface area contributed by atoms with Crippen LogP contribution in [-0.2, 0) is 19.6 Å². The van der Waals surface area contributed by atoms with Gasteiger partial charge < -0.3 is 10.1 Å². The number of rotatable bonds is 11.